The summed E-state index contributed by atoms with van der Waals surface area (Å²) in [5.41, 5.74) is 0. The van der Waals surface area contributed by atoms with Gasteiger partial charge in [-0.05, 0) is 13.0 Å². The van der Waals surface area contributed by atoms with Crippen molar-refractivity contribution < 1.29 is 13.7 Å². The Morgan fingerprint density at radius 1 is 1.41 bits per heavy atom. The number of amides is 1. The Labute approximate surface area is 105 Å². The molecule has 1 heterocycles. The molecule has 0 aromatic rings. The number of nitrogens with one attached hydrogen (secondary N) is 2. The molecule has 17 heavy (non-hydrogen) atoms. The van der Waals surface area contributed by atoms with Crippen LogP contribution < -0.4 is 10.6 Å². The van der Waals surface area contributed by atoms with Crippen molar-refractivity contribution in [3.05, 3.63) is 0 Å². The molecule has 5 nitrogen and oxygen atoms in total. The fraction of sp³-hybridized carbons (Fsp3) is 0.909. The first-order valence-electron chi connectivity index (χ1n) is 6.04. The second kappa shape index (κ2) is 7.79. The van der Waals surface area contributed by atoms with Gasteiger partial charge in [-0.1, -0.05) is 6.92 Å². The Kier molecular flexibility index (Phi) is 6.69. The number of hydrogen-bond donors (Lipinski definition) is 2. The zero-order chi connectivity index (χ0) is 12.7. The summed E-state index contributed by atoms with van der Waals surface area (Å²) in [6, 6.07) is 0.113. The smallest absolute Gasteiger partial charge is 0.227 e. The van der Waals surface area contributed by atoms with Crippen molar-refractivity contribution in [1.82, 2.24) is 10.6 Å². The van der Waals surface area contributed by atoms with E-state index in [9.17, 15) is 9.00 Å². The van der Waals surface area contributed by atoms with Gasteiger partial charge in [0.15, 0.2) is 0 Å². The average molecular weight is 262 g/mol. The van der Waals surface area contributed by atoms with Crippen LogP contribution in [0.25, 0.3) is 0 Å². The van der Waals surface area contributed by atoms with E-state index in [4.69, 9.17) is 4.74 Å². The maximum Gasteiger partial charge on any atom is 0.227 e. The van der Waals surface area contributed by atoms with E-state index >= 15 is 0 Å². The van der Waals surface area contributed by atoms with Gasteiger partial charge in [0.25, 0.3) is 0 Å². The van der Waals surface area contributed by atoms with Crippen LogP contribution in [0.2, 0.25) is 0 Å². The van der Waals surface area contributed by atoms with Gasteiger partial charge in [0.2, 0.25) is 5.91 Å². The Bertz CT molecular complexity index is 273. The third-order valence-electron chi connectivity index (χ3n) is 2.76. The van der Waals surface area contributed by atoms with E-state index in [1.54, 1.807) is 6.26 Å². The molecule has 1 aliphatic heterocycles. The van der Waals surface area contributed by atoms with E-state index in [1.807, 2.05) is 0 Å². The van der Waals surface area contributed by atoms with E-state index in [-0.39, 0.29) is 17.9 Å². The molecule has 100 valence electrons. The number of hydrogen-bond acceptors (Lipinski definition) is 4. The highest BCUT2D eigenvalue weighted by atomic mass is 32.2. The van der Waals surface area contributed by atoms with Gasteiger partial charge >= 0.3 is 0 Å². The number of ether oxygens (including phenoxy) is 1. The summed E-state index contributed by atoms with van der Waals surface area (Å²) >= 11 is 0. The van der Waals surface area contributed by atoms with E-state index in [1.165, 1.54) is 0 Å². The minimum Gasteiger partial charge on any atom is -0.379 e. The molecule has 1 rings (SSSR count). The molecular formula is C11H22N2O3S. The lowest BCUT2D eigenvalue weighted by Gasteiger charge is -2.18. The molecule has 0 saturated carbocycles. The lowest BCUT2D eigenvalue weighted by molar-refractivity contribution is -0.125. The van der Waals surface area contributed by atoms with Crippen molar-refractivity contribution in [3.63, 3.8) is 0 Å². The van der Waals surface area contributed by atoms with Crippen molar-refractivity contribution in [2.45, 2.75) is 19.4 Å². The van der Waals surface area contributed by atoms with Crippen molar-refractivity contribution in [2.75, 3.05) is 38.3 Å². The molecule has 1 amide bonds. The monoisotopic (exact) mass is 262 g/mol. The fourth-order valence-corrected chi connectivity index (χ4v) is 2.18. The number of rotatable bonds is 7. The standard InChI is InChI=1S/C11H22N2O3S/c1-3-4-12-10-8-16-7-9(10)11(14)13-5-6-17(2)15/h9-10,12H,3-8H2,1-2H3,(H,13,14). The molecule has 6 heteroatoms. The molecule has 1 saturated heterocycles. The minimum absolute atomic E-state index is 0.00144. The second-order valence-electron chi connectivity index (χ2n) is 4.27. The van der Waals surface area contributed by atoms with Crippen molar-refractivity contribution in [1.29, 1.82) is 0 Å². The number of carbonyl (C=O) groups excluding carboxylic acids is 1. The molecule has 0 aromatic carbocycles. The largest absolute Gasteiger partial charge is 0.379 e. The lowest BCUT2D eigenvalue weighted by atomic mass is 10.0. The molecule has 0 aromatic heterocycles. The average Bonchev–Trinajstić information content (AvgIpc) is 2.73. The molecular weight excluding hydrogens is 240 g/mol. The summed E-state index contributed by atoms with van der Waals surface area (Å²) in [4.78, 5) is 11.9. The normalized spacial score (nSPS) is 25.8. The molecule has 3 atom stereocenters. The summed E-state index contributed by atoms with van der Waals surface area (Å²) in [6.45, 7) is 4.53. The van der Waals surface area contributed by atoms with Crippen molar-refractivity contribution in [3.8, 4) is 0 Å². The fourth-order valence-electron chi connectivity index (χ4n) is 1.79. The molecule has 0 radical (unpaired) electrons. The van der Waals surface area contributed by atoms with Crippen LogP contribution in [0, 0.1) is 5.92 Å². The highest BCUT2D eigenvalue weighted by molar-refractivity contribution is 7.84. The molecule has 0 bridgehead atoms. The molecule has 3 unspecified atom stereocenters. The molecule has 0 spiro atoms. The highest BCUT2D eigenvalue weighted by Gasteiger charge is 2.33. The Balaban J connectivity index is 2.31. The zero-order valence-electron chi connectivity index (χ0n) is 10.5. The van der Waals surface area contributed by atoms with Gasteiger partial charge in [-0.2, -0.15) is 0 Å². The van der Waals surface area contributed by atoms with E-state index in [0.29, 0.717) is 25.5 Å². The first kappa shape index (κ1) is 14.6. The maximum absolute atomic E-state index is 11.9. The van der Waals surface area contributed by atoms with Crippen LogP contribution in [-0.2, 0) is 20.3 Å². The molecule has 1 fully saturated rings. The highest BCUT2D eigenvalue weighted by Crippen LogP contribution is 2.13. The summed E-state index contributed by atoms with van der Waals surface area (Å²) < 4.78 is 16.2. The third kappa shape index (κ3) is 5.14. The summed E-state index contributed by atoms with van der Waals surface area (Å²) in [5, 5.41) is 6.13. The lowest BCUT2D eigenvalue weighted by Crippen LogP contribution is -2.44. The number of carbonyl (C=O) groups is 1. The quantitative estimate of drug-likeness (QED) is 0.649. The van der Waals surface area contributed by atoms with Crippen LogP contribution in [-0.4, -0.2) is 54.5 Å². The summed E-state index contributed by atoms with van der Waals surface area (Å²) in [7, 11) is -0.859. The van der Waals surface area contributed by atoms with Crippen LogP contribution in [0.5, 0.6) is 0 Å². The van der Waals surface area contributed by atoms with Crippen LogP contribution >= 0.6 is 0 Å². The zero-order valence-corrected chi connectivity index (χ0v) is 11.3. The Hall–Kier alpha value is -0.460. The first-order valence-corrected chi connectivity index (χ1v) is 7.76. The first-order chi connectivity index (χ1) is 8.15. The van der Waals surface area contributed by atoms with E-state index in [0.717, 1.165) is 13.0 Å². The predicted molar refractivity (Wildman–Crippen MR) is 68.3 cm³/mol. The van der Waals surface area contributed by atoms with Gasteiger partial charge in [-0.3, -0.25) is 9.00 Å². The van der Waals surface area contributed by atoms with E-state index in [2.05, 4.69) is 17.6 Å². The van der Waals surface area contributed by atoms with Gasteiger partial charge in [0.05, 0.1) is 19.1 Å². The molecule has 0 aliphatic carbocycles. The van der Waals surface area contributed by atoms with E-state index < -0.39 is 10.8 Å². The van der Waals surface area contributed by atoms with Crippen molar-refractivity contribution in [2.24, 2.45) is 5.92 Å². The van der Waals surface area contributed by atoms with Crippen LogP contribution in [0.3, 0.4) is 0 Å². The predicted octanol–water partition coefficient (Wildman–Crippen LogP) is -0.504. The maximum atomic E-state index is 11.9. The molecule has 2 N–H and O–H groups in total. The van der Waals surface area contributed by atoms with Gasteiger partial charge < -0.3 is 15.4 Å². The van der Waals surface area contributed by atoms with Gasteiger partial charge in [0, 0.05) is 35.4 Å². The Morgan fingerprint density at radius 3 is 2.82 bits per heavy atom. The third-order valence-corrected chi connectivity index (χ3v) is 3.54. The van der Waals surface area contributed by atoms with Crippen LogP contribution in [0.4, 0.5) is 0 Å². The summed E-state index contributed by atoms with van der Waals surface area (Å²) in [6.07, 6.45) is 2.68. The second-order valence-corrected chi connectivity index (χ2v) is 5.83. The van der Waals surface area contributed by atoms with Gasteiger partial charge in [0.1, 0.15) is 0 Å². The topological polar surface area (TPSA) is 67.4 Å². The SMILES string of the molecule is CCCNC1COCC1C(=O)NCCS(C)=O. The van der Waals surface area contributed by atoms with Gasteiger partial charge in [-0.25, -0.2) is 0 Å². The summed E-state index contributed by atoms with van der Waals surface area (Å²) in [5.74, 6) is 0.389. The van der Waals surface area contributed by atoms with Crippen LogP contribution in [0.1, 0.15) is 13.3 Å². The minimum atomic E-state index is -0.859. The van der Waals surface area contributed by atoms with Gasteiger partial charge in [-0.15, -0.1) is 0 Å². The van der Waals surface area contributed by atoms with Crippen molar-refractivity contribution >= 4 is 16.7 Å². The molecule has 1 aliphatic rings. The Morgan fingerprint density at radius 2 is 2.18 bits per heavy atom. The van der Waals surface area contributed by atoms with Crippen LogP contribution in [0.15, 0.2) is 0 Å².